The van der Waals surface area contributed by atoms with Gasteiger partial charge in [0.2, 0.25) is 0 Å². The van der Waals surface area contributed by atoms with E-state index in [2.05, 4.69) is 0 Å². The summed E-state index contributed by atoms with van der Waals surface area (Å²) in [6, 6.07) is 7.33. The summed E-state index contributed by atoms with van der Waals surface area (Å²) in [6.07, 6.45) is 5.49. The molecule has 2 heterocycles. The molecule has 0 radical (unpaired) electrons. The monoisotopic (exact) mass is 401 g/mol. The fourth-order valence-corrected chi connectivity index (χ4v) is 3.70. The summed E-state index contributed by atoms with van der Waals surface area (Å²) < 4.78 is 21.2. The van der Waals surface area contributed by atoms with Crippen molar-refractivity contribution >= 4 is 11.9 Å². The fourth-order valence-electron chi connectivity index (χ4n) is 3.70. The number of carbonyl (C=O) groups excluding carboxylic acids is 2. The van der Waals surface area contributed by atoms with E-state index in [9.17, 15) is 9.59 Å². The Morgan fingerprint density at radius 1 is 1.07 bits per heavy atom. The highest BCUT2D eigenvalue weighted by atomic mass is 16.5. The van der Waals surface area contributed by atoms with Crippen molar-refractivity contribution in [1.82, 2.24) is 4.90 Å². The van der Waals surface area contributed by atoms with E-state index < -0.39 is 17.9 Å². The molecule has 0 N–H and O–H groups in total. The zero-order valence-corrected chi connectivity index (χ0v) is 17.1. The average molecular weight is 401 g/mol. The van der Waals surface area contributed by atoms with Gasteiger partial charge in [-0.15, -0.1) is 0 Å². The summed E-state index contributed by atoms with van der Waals surface area (Å²) in [7, 11) is 2.66. The minimum atomic E-state index is -0.591. The summed E-state index contributed by atoms with van der Waals surface area (Å²) in [6.45, 7) is 3.75. The predicted molar refractivity (Wildman–Crippen MR) is 106 cm³/mol. The highest BCUT2D eigenvalue weighted by Gasteiger charge is 2.35. The summed E-state index contributed by atoms with van der Waals surface area (Å²) in [5, 5.41) is 0. The van der Waals surface area contributed by atoms with Gasteiger partial charge in [-0.1, -0.05) is 12.1 Å². The molecule has 1 aromatic carbocycles. The number of carbonyl (C=O) groups is 2. The Kier molecular flexibility index (Phi) is 6.93. The van der Waals surface area contributed by atoms with Crippen LogP contribution >= 0.6 is 0 Å². The van der Waals surface area contributed by atoms with Gasteiger partial charge in [0.25, 0.3) is 0 Å². The van der Waals surface area contributed by atoms with Crippen LogP contribution in [0.4, 0.5) is 0 Å². The Hall–Kier alpha value is -2.80. The van der Waals surface area contributed by atoms with Crippen molar-refractivity contribution in [3.63, 3.8) is 0 Å². The largest absolute Gasteiger partial charge is 0.494 e. The van der Waals surface area contributed by atoms with Crippen LogP contribution < -0.4 is 4.74 Å². The number of methoxy groups -OCH3 is 2. The molecule has 7 nitrogen and oxygen atoms in total. The maximum atomic E-state index is 12.6. The van der Waals surface area contributed by atoms with Crippen LogP contribution in [0.25, 0.3) is 0 Å². The lowest BCUT2D eigenvalue weighted by Gasteiger charge is -2.31. The molecule has 7 heteroatoms. The molecule has 2 aliphatic heterocycles. The van der Waals surface area contributed by atoms with E-state index in [1.54, 1.807) is 12.4 Å². The maximum Gasteiger partial charge on any atom is 0.336 e. The van der Waals surface area contributed by atoms with Gasteiger partial charge < -0.3 is 23.8 Å². The quantitative estimate of drug-likeness (QED) is 0.651. The van der Waals surface area contributed by atoms with Crippen molar-refractivity contribution in [1.29, 1.82) is 0 Å². The minimum absolute atomic E-state index is 0.0577. The summed E-state index contributed by atoms with van der Waals surface area (Å²) in [5.41, 5.74) is 1.52. The molecule has 0 bridgehead atoms. The van der Waals surface area contributed by atoms with Gasteiger partial charge >= 0.3 is 11.9 Å². The lowest BCUT2D eigenvalue weighted by molar-refractivity contribution is -0.137. The Bertz CT molecular complexity index is 758. The van der Waals surface area contributed by atoms with Crippen molar-refractivity contribution in [2.45, 2.75) is 31.8 Å². The first-order chi connectivity index (χ1) is 14.1. The summed E-state index contributed by atoms with van der Waals surface area (Å²) in [5.74, 6) is -0.850. The number of hydrogen-bond donors (Lipinski definition) is 0. The van der Waals surface area contributed by atoms with Gasteiger partial charge in [0.05, 0.1) is 44.0 Å². The normalized spacial score (nSPS) is 19.4. The zero-order valence-electron chi connectivity index (χ0n) is 17.1. The molecule has 0 amide bonds. The smallest absolute Gasteiger partial charge is 0.336 e. The fraction of sp³-hybridized carbons (Fsp3) is 0.455. The van der Waals surface area contributed by atoms with Crippen molar-refractivity contribution in [2.75, 3.05) is 34.0 Å². The van der Waals surface area contributed by atoms with E-state index >= 15 is 0 Å². The first-order valence-corrected chi connectivity index (χ1v) is 9.77. The number of ether oxygens (including phenoxy) is 4. The molecule has 3 rings (SSSR count). The molecule has 0 aromatic heterocycles. The van der Waals surface area contributed by atoms with Gasteiger partial charge in [0.15, 0.2) is 0 Å². The van der Waals surface area contributed by atoms with Gasteiger partial charge in [-0.25, -0.2) is 9.59 Å². The standard InChI is InChI=1S/C22H27NO6/c1-4-28-16-9-7-15(8-10-16)20-18(21(24)26-2)13-23(12-17-6-5-11-29-17)14-19(20)22(25)27-3/h7-10,13-14,17,20H,4-6,11-12H2,1-3H3/t17-/m1/s1. The van der Waals surface area contributed by atoms with Gasteiger partial charge in [-0.2, -0.15) is 0 Å². The molecule has 0 aliphatic carbocycles. The summed E-state index contributed by atoms with van der Waals surface area (Å²) in [4.78, 5) is 27.0. The van der Waals surface area contributed by atoms with E-state index in [1.165, 1.54) is 14.2 Å². The van der Waals surface area contributed by atoms with E-state index in [4.69, 9.17) is 18.9 Å². The number of esters is 2. The number of nitrogens with zero attached hydrogens (tertiary/aromatic N) is 1. The van der Waals surface area contributed by atoms with Gasteiger partial charge in [-0.05, 0) is 37.5 Å². The van der Waals surface area contributed by atoms with Crippen LogP contribution in [0.1, 0.15) is 31.2 Å². The third-order valence-corrected chi connectivity index (χ3v) is 5.04. The van der Waals surface area contributed by atoms with Crippen LogP contribution in [-0.4, -0.2) is 56.9 Å². The van der Waals surface area contributed by atoms with Crippen LogP contribution in [0.15, 0.2) is 47.8 Å². The van der Waals surface area contributed by atoms with Gasteiger partial charge in [0.1, 0.15) is 5.75 Å². The molecule has 1 saturated heterocycles. The van der Waals surface area contributed by atoms with Crippen LogP contribution in [0.5, 0.6) is 5.75 Å². The Morgan fingerprint density at radius 2 is 1.69 bits per heavy atom. The van der Waals surface area contributed by atoms with E-state index in [1.807, 2.05) is 36.1 Å². The van der Waals surface area contributed by atoms with Crippen LogP contribution in [0.2, 0.25) is 0 Å². The minimum Gasteiger partial charge on any atom is -0.494 e. The highest BCUT2D eigenvalue weighted by Crippen LogP contribution is 2.38. The topological polar surface area (TPSA) is 74.3 Å². The molecule has 156 valence electrons. The van der Waals surface area contributed by atoms with Crippen molar-refractivity contribution in [3.8, 4) is 5.75 Å². The summed E-state index contributed by atoms with van der Waals surface area (Å²) >= 11 is 0. The Balaban J connectivity index is 1.98. The molecular formula is C22H27NO6. The van der Waals surface area contributed by atoms with Gasteiger partial charge in [-0.3, -0.25) is 0 Å². The lowest BCUT2D eigenvalue weighted by atomic mass is 9.83. The number of rotatable bonds is 7. The number of hydrogen-bond acceptors (Lipinski definition) is 7. The molecule has 29 heavy (non-hydrogen) atoms. The molecule has 0 spiro atoms. The molecule has 0 unspecified atom stereocenters. The van der Waals surface area contributed by atoms with Crippen LogP contribution in [0, 0.1) is 0 Å². The first kappa shape index (κ1) is 20.9. The SMILES string of the molecule is CCOc1ccc(C2C(C(=O)OC)=CN(C[C@H]3CCCO3)C=C2C(=O)OC)cc1. The van der Waals surface area contributed by atoms with E-state index in [0.29, 0.717) is 24.3 Å². The van der Waals surface area contributed by atoms with E-state index in [-0.39, 0.29) is 6.10 Å². The Morgan fingerprint density at radius 3 is 2.17 bits per heavy atom. The molecule has 0 saturated carbocycles. The van der Waals surface area contributed by atoms with Gasteiger partial charge in [0, 0.05) is 25.6 Å². The molecule has 2 aliphatic rings. The highest BCUT2D eigenvalue weighted by molar-refractivity contribution is 5.98. The molecule has 1 atom stereocenters. The maximum absolute atomic E-state index is 12.6. The second kappa shape index (κ2) is 9.60. The van der Waals surface area contributed by atoms with Crippen LogP contribution in [0.3, 0.4) is 0 Å². The molecule has 1 fully saturated rings. The second-order valence-corrected chi connectivity index (χ2v) is 6.92. The third-order valence-electron chi connectivity index (χ3n) is 5.04. The lowest BCUT2D eigenvalue weighted by Crippen LogP contribution is -2.32. The third kappa shape index (κ3) is 4.79. The Labute approximate surface area is 170 Å². The number of benzene rings is 1. The predicted octanol–water partition coefficient (Wildman–Crippen LogP) is 2.78. The van der Waals surface area contributed by atoms with Crippen LogP contribution in [-0.2, 0) is 23.8 Å². The van der Waals surface area contributed by atoms with Crippen molar-refractivity contribution in [3.05, 3.63) is 53.4 Å². The van der Waals surface area contributed by atoms with Crippen molar-refractivity contribution in [2.24, 2.45) is 0 Å². The van der Waals surface area contributed by atoms with Crippen molar-refractivity contribution < 1.29 is 28.5 Å². The second-order valence-electron chi connectivity index (χ2n) is 6.92. The molecular weight excluding hydrogens is 374 g/mol. The average Bonchev–Trinajstić information content (AvgIpc) is 3.26. The first-order valence-electron chi connectivity index (χ1n) is 9.77. The van der Waals surface area contributed by atoms with E-state index in [0.717, 1.165) is 30.8 Å². The zero-order chi connectivity index (χ0) is 20.8. The molecule has 1 aromatic rings.